The molecular formula is C16H21NO4. The first-order valence-corrected chi connectivity index (χ1v) is 7.18. The van der Waals surface area contributed by atoms with E-state index in [0.29, 0.717) is 23.0 Å². The number of carbonyl (C=O) groups is 2. The van der Waals surface area contributed by atoms with Crippen LogP contribution in [0.5, 0.6) is 11.5 Å². The lowest BCUT2D eigenvalue weighted by Gasteiger charge is -2.30. The highest BCUT2D eigenvalue weighted by Crippen LogP contribution is 2.27. The molecule has 1 atom stereocenters. The SMILES string of the molecule is COc1cc(C=O)ccc1OCC(=O)N1CCCC(C)C1. The summed E-state index contributed by atoms with van der Waals surface area (Å²) in [4.78, 5) is 24.7. The van der Waals surface area contributed by atoms with Gasteiger partial charge in [-0.25, -0.2) is 0 Å². The Morgan fingerprint density at radius 3 is 2.90 bits per heavy atom. The van der Waals surface area contributed by atoms with Gasteiger partial charge in [-0.1, -0.05) is 6.92 Å². The van der Waals surface area contributed by atoms with E-state index in [1.807, 2.05) is 4.90 Å². The Morgan fingerprint density at radius 1 is 1.43 bits per heavy atom. The summed E-state index contributed by atoms with van der Waals surface area (Å²) in [5, 5.41) is 0. The minimum atomic E-state index is -0.0110. The fraction of sp³-hybridized carbons (Fsp3) is 0.500. The lowest BCUT2D eigenvalue weighted by molar-refractivity contribution is -0.135. The van der Waals surface area contributed by atoms with Gasteiger partial charge in [0.15, 0.2) is 18.1 Å². The monoisotopic (exact) mass is 291 g/mol. The van der Waals surface area contributed by atoms with Gasteiger partial charge in [0.2, 0.25) is 0 Å². The van der Waals surface area contributed by atoms with Gasteiger partial charge in [-0.15, -0.1) is 0 Å². The Morgan fingerprint density at radius 2 is 2.24 bits per heavy atom. The molecule has 0 spiro atoms. The molecule has 2 rings (SSSR count). The highest BCUT2D eigenvalue weighted by molar-refractivity contribution is 5.78. The molecule has 0 saturated carbocycles. The highest BCUT2D eigenvalue weighted by Gasteiger charge is 2.21. The number of carbonyl (C=O) groups excluding carboxylic acids is 2. The molecule has 5 heteroatoms. The second-order valence-electron chi connectivity index (χ2n) is 5.40. The molecule has 114 valence electrons. The molecule has 0 bridgehead atoms. The number of ether oxygens (including phenoxy) is 2. The van der Waals surface area contributed by atoms with Crippen LogP contribution >= 0.6 is 0 Å². The van der Waals surface area contributed by atoms with Gasteiger partial charge in [-0.3, -0.25) is 9.59 Å². The molecule has 0 aromatic heterocycles. The van der Waals surface area contributed by atoms with Crippen molar-refractivity contribution in [3.8, 4) is 11.5 Å². The van der Waals surface area contributed by atoms with Crippen LogP contribution in [0.25, 0.3) is 0 Å². The van der Waals surface area contributed by atoms with Crippen molar-refractivity contribution in [2.45, 2.75) is 19.8 Å². The van der Waals surface area contributed by atoms with Crippen LogP contribution in [0.15, 0.2) is 18.2 Å². The third kappa shape index (κ3) is 3.97. The van der Waals surface area contributed by atoms with Gasteiger partial charge in [0.25, 0.3) is 5.91 Å². The molecule has 1 aliphatic heterocycles. The van der Waals surface area contributed by atoms with E-state index in [-0.39, 0.29) is 12.5 Å². The molecule has 21 heavy (non-hydrogen) atoms. The number of piperidine rings is 1. The Bertz CT molecular complexity index is 515. The van der Waals surface area contributed by atoms with Gasteiger partial charge >= 0.3 is 0 Å². The van der Waals surface area contributed by atoms with Crippen molar-refractivity contribution < 1.29 is 19.1 Å². The van der Waals surface area contributed by atoms with Crippen LogP contribution in [0.2, 0.25) is 0 Å². The van der Waals surface area contributed by atoms with E-state index in [1.54, 1.807) is 18.2 Å². The van der Waals surface area contributed by atoms with E-state index < -0.39 is 0 Å². The quantitative estimate of drug-likeness (QED) is 0.780. The average molecular weight is 291 g/mol. The van der Waals surface area contributed by atoms with E-state index in [9.17, 15) is 9.59 Å². The zero-order chi connectivity index (χ0) is 15.2. The van der Waals surface area contributed by atoms with Crippen molar-refractivity contribution in [3.63, 3.8) is 0 Å². The molecule has 0 N–H and O–H groups in total. The van der Waals surface area contributed by atoms with Gasteiger partial charge in [-0.2, -0.15) is 0 Å². The largest absolute Gasteiger partial charge is 0.493 e. The summed E-state index contributed by atoms with van der Waals surface area (Å²) in [5.74, 6) is 1.47. The zero-order valence-corrected chi connectivity index (χ0v) is 12.5. The van der Waals surface area contributed by atoms with Gasteiger partial charge in [0, 0.05) is 18.7 Å². The Labute approximate surface area is 124 Å². The predicted molar refractivity (Wildman–Crippen MR) is 78.9 cm³/mol. The first kappa shape index (κ1) is 15.4. The first-order valence-electron chi connectivity index (χ1n) is 7.18. The molecule has 0 radical (unpaired) electrons. The minimum Gasteiger partial charge on any atom is -0.493 e. The maximum Gasteiger partial charge on any atom is 0.260 e. The summed E-state index contributed by atoms with van der Waals surface area (Å²) < 4.78 is 10.7. The smallest absolute Gasteiger partial charge is 0.260 e. The predicted octanol–water partition coefficient (Wildman–Crippen LogP) is 2.14. The number of hydrogen-bond donors (Lipinski definition) is 0. The number of amides is 1. The third-order valence-electron chi connectivity index (χ3n) is 3.68. The molecule has 1 unspecified atom stereocenters. The number of benzene rings is 1. The molecule has 1 fully saturated rings. The molecule has 1 aliphatic rings. The van der Waals surface area contributed by atoms with Gasteiger partial charge in [0.1, 0.15) is 6.29 Å². The second-order valence-corrected chi connectivity index (χ2v) is 5.40. The van der Waals surface area contributed by atoms with E-state index in [4.69, 9.17) is 9.47 Å². The molecule has 1 amide bonds. The van der Waals surface area contributed by atoms with Gasteiger partial charge < -0.3 is 14.4 Å². The normalized spacial score (nSPS) is 18.2. The maximum absolute atomic E-state index is 12.1. The summed E-state index contributed by atoms with van der Waals surface area (Å²) in [6, 6.07) is 4.88. The lowest BCUT2D eigenvalue weighted by atomic mass is 10.0. The standard InChI is InChI=1S/C16H21NO4/c1-12-4-3-7-17(9-12)16(19)11-21-14-6-5-13(10-18)8-15(14)20-2/h5-6,8,10,12H,3-4,7,9,11H2,1-2H3. The number of aldehydes is 1. The molecule has 1 saturated heterocycles. The van der Waals surface area contributed by atoms with E-state index >= 15 is 0 Å². The first-order chi connectivity index (χ1) is 10.1. The second kappa shape index (κ2) is 7.11. The fourth-order valence-corrected chi connectivity index (χ4v) is 2.52. The molecular weight excluding hydrogens is 270 g/mol. The molecule has 5 nitrogen and oxygen atoms in total. The lowest BCUT2D eigenvalue weighted by Crippen LogP contribution is -2.41. The fourth-order valence-electron chi connectivity index (χ4n) is 2.52. The number of nitrogens with zero attached hydrogens (tertiary/aromatic N) is 1. The van der Waals surface area contributed by atoms with Crippen molar-refractivity contribution >= 4 is 12.2 Å². The topological polar surface area (TPSA) is 55.8 Å². The van der Waals surface area contributed by atoms with E-state index in [1.165, 1.54) is 13.5 Å². The number of likely N-dealkylation sites (tertiary alicyclic amines) is 1. The van der Waals surface area contributed by atoms with Crippen LogP contribution in [0.4, 0.5) is 0 Å². The van der Waals surface area contributed by atoms with Crippen molar-refractivity contribution in [1.29, 1.82) is 0 Å². The van der Waals surface area contributed by atoms with Crippen LogP contribution in [0.3, 0.4) is 0 Å². The van der Waals surface area contributed by atoms with Crippen molar-refractivity contribution in [2.24, 2.45) is 5.92 Å². The summed E-state index contributed by atoms with van der Waals surface area (Å²) in [6.45, 7) is 3.74. The van der Waals surface area contributed by atoms with Crippen LogP contribution < -0.4 is 9.47 Å². The van der Waals surface area contributed by atoms with Gasteiger partial charge in [0.05, 0.1) is 7.11 Å². The van der Waals surface area contributed by atoms with Crippen molar-refractivity contribution in [3.05, 3.63) is 23.8 Å². The molecule has 1 aromatic carbocycles. The molecule has 1 aromatic rings. The molecule has 1 heterocycles. The van der Waals surface area contributed by atoms with Crippen LogP contribution in [-0.2, 0) is 4.79 Å². The average Bonchev–Trinajstić information content (AvgIpc) is 2.52. The summed E-state index contributed by atoms with van der Waals surface area (Å²) in [6.07, 6.45) is 2.96. The van der Waals surface area contributed by atoms with Crippen LogP contribution in [0, 0.1) is 5.92 Å². The summed E-state index contributed by atoms with van der Waals surface area (Å²) in [7, 11) is 1.50. The van der Waals surface area contributed by atoms with Crippen LogP contribution in [-0.4, -0.2) is 43.9 Å². The van der Waals surface area contributed by atoms with Gasteiger partial charge in [-0.05, 0) is 37.0 Å². The van der Waals surface area contributed by atoms with E-state index in [0.717, 1.165) is 25.8 Å². The Hall–Kier alpha value is -2.04. The maximum atomic E-state index is 12.1. The number of methoxy groups -OCH3 is 1. The highest BCUT2D eigenvalue weighted by atomic mass is 16.5. The third-order valence-corrected chi connectivity index (χ3v) is 3.68. The Kier molecular flexibility index (Phi) is 5.20. The zero-order valence-electron chi connectivity index (χ0n) is 12.5. The minimum absolute atomic E-state index is 0.0104. The summed E-state index contributed by atoms with van der Waals surface area (Å²) in [5.41, 5.74) is 0.510. The van der Waals surface area contributed by atoms with Crippen LogP contribution in [0.1, 0.15) is 30.1 Å². The molecule has 0 aliphatic carbocycles. The summed E-state index contributed by atoms with van der Waals surface area (Å²) >= 11 is 0. The van der Waals surface area contributed by atoms with E-state index in [2.05, 4.69) is 6.92 Å². The number of rotatable bonds is 5. The van der Waals surface area contributed by atoms with Crippen molar-refractivity contribution in [1.82, 2.24) is 4.90 Å². The van der Waals surface area contributed by atoms with Crippen molar-refractivity contribution in [2.75, 3.05) is 26.8 Å². The Balaban J connectivity index is 1.96. The number of hydrogen-bond acceptors (Lipinski definition) is 4.